The summed E-state index contributed by atoms with van der Waals surface area (Å²) >= 11 is 0. The van der Waals surface area contributed by atoms with Crippen molar-refractivity contribution in [2.45, 2.75) is 24.0 Å². The summed E-state index contributed by atoms with van der Waals surface area (Å²) in [6.07, 6.45) is -0.286. The number of ether oxygens (including phenoxy) is 2. The molecule has 2 unspecified atom stereocenters. The summed E-state index contributed by atoms with van der Waals surface area (Å²) < 4.78 is 38.4. The molecule has 0 amide bonds. The highest BCUT2D eigenvalue weighted by molar-refractivity contribution is 7.89. The molecule has 1 heterocycles. The van der Waals surface area contributed by atoms with E-state index >= 15 is 0 Å². The van der Waals surface area contributed by atoms with Crippen molar-refractivity contribution in [3.8, 4) is 5.75 Å². The molecule has 0 aliphatic carbocycles. The standard InChI is InChI=1S/C18H21NO4S/c1-14-13-23-18(15-8-10-16(22-2)11-9-15)12-19(14)24(20,21)17-6-4-3-5-7-17/h3-11,14,18H,12-13H2,1-2H3. The molecule has 5 nitrogen and oxygen atoms in total. The number of hydrogen-bond donors (Lipinski definition) is 0. The van der Waals surface area contributed by atoms with E-state index in [9.17, 15) is 8.42 Å². The second-order valence-electron chi connectivity index (χ2n) is 5.83. The van der Waals surface area contributed by atoms with Gasteiger partial charge in [0.1, 0.15) is 5.75 Å². The van der Waals surface area contributed by atoms with E-state index in [0.717, 1.165) is 11.3 Å². The molecule has 6 heteroatoms. The molecule has 0 bridgehead atoms. The Bertz CT molecular complexity index is 774. The zero-order valence-corrected chi connectivity index (χ0v) is 14.6. The van der Waals surface area contributed by atoms with Crippen LogP contribution in [0.4, 0.5) is 0 Å². The SMILES string of the molecule is COc1ccc(C2CN(S(=O)(=O)c3ccccc3)C(C)CO2)cc1. The lowest BCUT2D eigenvalue weighted by molar-refractivity contribution is -0.0288. The molecule has 0 spiro atoms. The molecule has 0 N–H and O–H groups in total. The third-order valence-corrected chi connectivity index (χ3v) is 6.21. The van der Waals surface area contributed by atoms with Gasteiger partial charge >= 0.3 is 0 Å². The van der Waals surface area contributed by atoms with Crippen LogP contribution in [0.25, 0.3) is 0 Å². The average molecular weight is 347 g/mol. The van der Waals surface area contributed by atoms with Crippen LogP contribution in [0.3, 0.4) is 0 Å². The zero-order valence-electron chi connectivity index (χ0n) is 13.8. The number of hydrogen-bond acceptors (Lipinski definition) is 4. The quantitative estimate of drug-likeness (QED) is 0.853. The second kappa shape index (κ2) is 6.93. The van der Waals surface area contributed by atoms with Crippen molar-refractivity contribution >= 4 is 10.0 Å². The van der Waals surface area contributed by atoms with Crippen molar-refractivity contribution < 1.29 is 17.9 Å². The second-order valence-corrected chi connectivity index (χ2v) is 7.72. The van der Waals surface area contributed by atoms with Gasteiger partial charge in [-0.2, -0.15) is 4.31 Å². The number of morpholine rings is 1. The van der Waals surface area contributed by atoms with Crippen LogP contribution in [-0.2, 0) is 14.8 Å². The highest BCUT2D eigenvalue weighted by Gasteiger charge is 2.36. The van der Waals surface area contributed by atoms with Crippen LogP contribution in [-0.4, -0.2) is 39.0 Å². The van der Waals surface area contributed by atoms with Gasteiger partial charge in [0.15, 0.2) is 0 Å². The van der Waals surface area contributed by atoms with Crippen LogP contribution < -0.4 is 4.74 Å². The normalized spacial score (nSPS) is 22.2. The predicted octanol–water partition coefficient (Wildman–Crippen LogP) is 2.85. The molecule has 2 aromatic rings. The first-order valence-corrected chi connectivity index (χ1v) is 9.29. The van der Waals surface area contributed by atoms with Gasteiger partial charge in [-0.25, -0.2) is 8.42 Å². The van der Waals surface area contributed by atoms with Gasteiger partial charge in [-0.3, -0.25) is 0 Å². The van der Waals surface area contributed by atoms with Gasteiger partial charge in [-0.05, 0) is 36.8 Å². The van der Waals surface area contributed by atoms with Crippen molar-refractivity contribution in [3.05, 3.63) is 60.2 Å². The first-order valence-electron chi connectivity index (χ1n) is 7.85. The van der Waals surface area contributed by atoms with Crippen molar-refractivity contribution in [3.63, 3.8) is 0 Å². The summed E-state index contributed by atoms with van der Waals surface area (Å²) in [4.78, 5) is 0.312. The monoisotopic (exact) mass is 347 g/mol. The van der Waals surface area contributed by atoms with Crippen molar-refractivity contribution in [1.29, 1.82) is 0 Å². The Morgan fingerprint density at radius 3 is 2.38 bits per heavy atom. The van der Waals surface area contributed by atoms with Gasteiger partial charge in [0.25, 0.3) is 0 Å². The van der Waals surface area contributed by atoms with E-state index in [1.54, 1.807) is 31.4 Å². The summed E-state index contributed by atoms with van der Waals surface area (Å²) in [5.41, 5.74) is 0.941. The summed E-state index contributed by atoms with van der Waals surface area (Å²) in [7, 11) is -1.92. The van der Waals surface area contributed by atoms with E-state index in [4.69, 9.17) is 9.47 Å². The maximum Gasteiger partial charge on any atom is 0.243 e. The minimum Gasteiger partial charge on any atom is -0.497 e. The van der Waals surface area contributed by atoms with Gasteiger partial charge in [-0.15, -0.1) is 0 Å². The molecule has 3 rings (SSSR count). The molecular formula is C18H21NO4S. The Morgan fingerprint density at radius 2 is 1.75 bits per heavy atom. The van der Waals surface area contributed by atoms with Crippen LogP contribution >= 0.6 is 0 Å². The predicted molar refractivity (Wildman–Crippen MR) is 91.5 cm³/mol. The summed E-state index contributed by atoms with van der Waals surface area (Å²) in [5, 5.41) is 0. The molecule has 1 saturated heterocycles. The molecule has 1 aliphatic rings. The lowest BCUT2D eigenvalue weighted by Gasteiger charge is -2.37. The van der Waals surface area contributed by atoms with Gasteiger partial charge in [-0.1, -0.05) is 30.3 Å². The largest absolute Gasteiger partial charge is 0.497 e. The average Bonchev–Trinajstić information content (AvgIpc) is 2.63. The lowest BCUT2D eigenvalue weighted by Crippen LogP contribution is -2.48. The molecule has 2 aromatic carbocycles. The third-order valence-electron chi connectivity index (χ3n) is 4.21. The van der Waals surface area contributed by atoms with Crippen molar-refractivity contribution in [2.24, 2.45) is 0 Å². The molecule has 0 aromatic heterocycles. The van der Waals surface area contributed by atoms with Gasteiger partial charge in [0, 0.05) is 12.6 Å². The summed E-state index contributed by atoms with van der Waals surface area (Å²) in [5.74, 6) is 0.761. The zero-order chi connectivity index (χ0) is 17.2. The number of methoxy groups -OCH3 is 1. The van der Waals surface area contributed by atoms with E-state index in [2.05, 4.69) is 0 Å². The number of nitrogens with zero attached hydrogens (tertiary/aromatic N) is 1. The fraction of sp³-hybridized carbons (Fsp3) is 0.333. The van der Waals surface area contributed by atoms with Gasteiger partial charge in [0.05, 0.1) is 24.7 Å². The molecule has 0 radical (unpaired) electrons. The maximum absolute atomic E-state index is 12.9. The van der Waals surface area contributed by atoms with E-state index in [-0.39, 0.29) is 12.1 Å². The molecular weight excluding hydrogens is 326 g/mol. The molecule has 128 valence electrons. The molecule has 24 heavy (non-hydrogen) atoms. The van der Waals surface area contributed by atoms with Crippen LogP contribution in [0, 0.1) is 0 Å². The fourth-order valence-corrected chi connectivity index (χ4v) is 4.46. The molecule has 2 atom stereocenters. The first kappa shape index (κ1) is 17.0. The van der Waals surface area contributed by atoms with Crippen LogP contribution in [0.2, 0.25) is 0 Å². The Labute approximate surface area is 142 Å². The van der Waals surface area contributed by atoms with Crippen molar-refractivity contribution in [1.82, 2.24) is 4.31 Å². The van der Waals surface area contributed by atoms with Gasteiger partial charge < -0.3 is 9.47 Å². The first-order chi connectivity index (χ1) is 11.5. The van der Waals surface area contributed by atoms with Gasteiger partial charge in [0.2, 0.25) is 10.0 Å². The lowest BCUT2D eigenvalue weighted by atomic mass is 10.1. The topological polar surface area (TPSA) is 55.8 Å². The number of benzene rings is 2. The van der Waals surface area contributed by atoms with Crippen LogP contribution in [0.5, 0.6) is 5.75 Å². The summed E-state index contributed by atoms with van der Waals surface area (Å²) in [6.45, 7) is 2.53. The Morgan fingerprint density at radius 1 is 1.08 bits per heavy atom. The van der Waals surface area contributed by atoms with E-state index in [1.807, 2.05) is 37.3 Å². The highest BCUT2D eigenvalue weighted by atomic mass is 32.2. The Hall–Kier alpha value is -1.89. The molecule has 1 fully saturated rings. The summed E-state index contributed by atoms with van der Waals surface area (Å²) in [6, 6.07) is 15.9. The van der Waals surface area contributed by atoms with E-state index in [1.165, 1.54) is 4.31 Å². The van der Waals surface area contributed by atoms with Crippen molar-refractivity contribution in [2.75, 3.05) is 20.3 Å². The van der Waals surface area contributed by atoms with E-state index < -0.39 is 10.0 Å². The minimum atomic E-state index is -3.54. The van der Waals surface area contributed by atoms with E-state index in [0.29, 0.717) is 18.0 Å². The Balaban J connectivity index is 1.85. The number of rotatable bonds is 4. The Kier molecular flexibility index (Phi) is 4.89. The number of sulfonamides is 1. The van der Waals surface area contributed by atoms with Crippen LogP contribution in [0.1, 0.15) is 18.6 Å². The minimum absolute atomic E-state index is 0.204. The fourth-order valence-electron chi connectivity index (χ4n) is 2.82. The maximum atomic E-state index is 12.9. The smallest absolute Gasteiger partial charge is 0.243 e. The van der Waals surface area contributed by atoms with Crippen LogP contribution in [0.15, 0.2) is 59.5 Å². The third kappa shape index (κ3) is 3.31. The molecule has 0 saturated carbocycles. The molecule has 1 aliphatic heterocycles. The highest BCUT2D eigenvalue weighted by Crippen LogP contribution is 2.30.